The van der Waals surface area contributed by atoms with Gasteiger partial charge in [0.2, 0.25) is 0 Å². The van der Waals surface area contributed by atoms with Crippen molar-refractivity contribution in [1.29, 1.82) is 0 Å². The van der Waals surface area contributed by atoms with E-state index in [9.17, 15) is 0 Å². The molecule has 0 aliphatic carbocycles. The molecule has 20 heavy (non-hydrogen) atoms. The van der Waals surface area contributed by atoms with Crippen LogP contribution in [0.4, 0.5) is 17.3 Å². The summed E-state index contributed by atoms with van der Waals surface area (Å²) in [6, 6.07) is 7.82. The van der Waals surface area contributed by atoms with Gasteiger partial charge in [0.25, 0.3) is 0 Å². The lowest BCUT2D eigenvalue weighted by Crippen LogP contribution is -2.05. The van der Waals surface area contributed by atoms with Crippen molar-refractivity contribution in [2.75, 3.05) is 17.7 Å². The van der Waals surface area contributed by atoms with E-state index in [1.54, 1.807) is 0 Å². The van der Waals surface area contributed by atoms with Crippen LogP contribution in [0.3, 0.4) is 0 Å². The normalized spacial score (nSPS) is 10.7. The van der Waals surface area contributed by atoms with Crippen LogP contribution in [0.2, 0.25) is 0 Å². The lowest BCUT2D eigenvalue weighted by molar-refractivity contribution is 0.778. The SMILES string of the molecule is CNc1cc(Nc2c(Br)cccc2Br)nc(C(C)C)n1. The summed E-state index contributed by atoms with van der Waals surface area (Å²) in [6.07, 6.45) is 0. The number of para-hydroxylation sites is 1. The van der Waals surface area contributed by atoms with Gasteiger partial charge in [0.15, 0.2) is 0 Å². The van der Waals surface area contributed by atoms with E-state index in [1.807, 2.05) is 31.3 Å². The highest BCUT2D eigenvalue weighted by Crippen LogP contribution is 2.33. The summed E-state index contributed by atoms with van der Waals surface area (Å²) in [5, 5.41) is 6.39. The molecule has 4 nitrogen and oxygen atoms in total. The van der Waals surface area contributed by atoms with E-state index in [4.69, 9.17) is 0 Å². The van der Waals surface area contributed by atoms with E-state index in [-0.39, 0.29) is 5.92 Å². The summed E-state index contributed by atoms with van der Waals surface area (Å²) in [4.78, 5) is 9.01. The zero-order chi connectivity index (χ0) is 14.7. The lowest BCUT2D eigenvalue weighted by Gasteiger charge is -2.13. The van der Waals surface area contributed by atoms with Crippen molar-refractivity contribution in [2.45, 2.75) is 19.8 Å². The Morgan fingerprint density at radius 2 is 1.65 bits per heavy atom. The molecule has 0 saturated heterocycles. The van der Waals surface area contributed by atoms with Crippen LogP contribution in [0, 0.1) is 0 Å². The standard InChI is InChI=1S/C14H16Br2N4/c1-8(2)14-19-11(17-3)7-12(20-14)18-13-9(15)5-4-6-10(13)16/h4-8H,1-3H3,(H2,17,18,19,20). The Kier molecular flexibility index (Phi) is 4.99. The van der Waals surface area contributed by atoms with Crippen molar-refractivity contribution in [3.8, 4) is 0 Å². The number of halogens is 2. The molecule has 0 spiro atoms. The van der Waals surface area contributed by atoms with Gasteiger partial charge in [-0.1, -0.05) is 19.9 Å². The zero-order valence-corrected chi connectivity index (χ0v) is 14.7. The maximum Gasteiger partial charge on any atom is 0.136 e. The average Bonchev–Trinajstić information content (AvgIpc) is 2.42. The first-order chi connectivity index (χ1) is 9.51. The fraction of sp³-hybridized carbons (Fsp3) is 0.286. The smallest absolute Gasteiger partial charge is 0.136 e. The molecule has 0 bridgehead atoms. The Morgan fingerprint density at radius 1 is 1.05 bits per heavy atom. The van der Waals surface area contributed by atoms with Gasteiger partial charge in [-0.15, -0.1) is 0 Å². The number of hydrogen-bond acceptors (Lipinski definition) is 4. The second kappa shape index (κ2) is 6.54. The number of benzene rings is 1. The summed E-state index contributed by atoms with van der Waals surface area (Å²) in [7, 11) is 1.85. The highest BCUT2D eigenvalue weighted by molar-refractivity contribution is 9.11. The van der Waals surface area contributed by atoms with Crippen molar-refractivity contribution in [3.63, 3.8) is 0 Å². The molecule has 0 aliphatic heterocycles. The van der Waals surface area contributed by atoms with Gasteiger partial charge >= 0.3 is 0 Å². The van der Waals surface area contributed by atoms with Gasteiger partial charge in [0.1, 0.15) is 17.5 Å². The first kappa shape index (κ1) is 15.3. The summed E-state index contributed by atoms with van der Waals surface area (Å²) in [5.41, 5.74) is 0.947. The summed E-state index contributed by atoms with van der Waals surface area (Å²) in [5.74, 6) is 2.64. The topological polar surface area (TPSA) is 49.8 Å². The maximum absolute atomic E-state index is 4.55. The predicted molar refractivity (Wildman–Crippen MR) is 90.8 cm³/mol. The van der Waals surface area contributed by atoms with Gasteiger partial charge < -0.3 is 10.6 Å². The first-order valence-corrected chi connectivity index (χ1v) is 7.87. The minimum atomic E-state index is 0.270. The Balaban J connectivity index is 2.40. The molecule has 2 aromatic rings. The second-order valence-electron chi connectivity index (χ2n) is 4.62. The molecule has 0 radical (unpaired) electrons. The van der Waals surface area contributed by atoms with E-state index in [1.165, 1.54) is 0 Å². The molecule has 2 rings (SSSR count). The molecule has 1 aromatic carbocycles. The van der Waals surface area contributed by atoms with Crippen molar-refractivity contribution in [3.05, 3.63) is 39.0 Å². The molecule has 0 fully saturated rings. The van der Waals surface area contributed by atoms with Crippen molar-refractivity contribution in [2.24, 2.45) is 0 Å². The first-order valence-electron chi connectivity index (χ1n) is 6.29. The number of hydrogen-bond donors (Lipinski definition) is 2. The van der Waals surface area contributed by atoms with Crippen LogP contribution in [0.5, 0.6) is 0 Å². The van der Waals surface area contributed by atoms with Crippen LogP contribution < -0.4 is 10.6 Å². The number of nitrogens with zero attached hydrogens (tertiary/aromatic N) is 2. The van der Waals surface area contributed by atoms with Crippen LogP contribution >= 0.6 is 31.9 Å². The third-order valence-electron chi connectivity index (χ3n) is 2.73. The minimum Gasteiger partial charge on any atom is -0.373 e. The molecule has 0 amide bonds. The van der Waals surface area contributed by atoms with Gasteiger partial charge in [-0.3, -0.25) is 0 Å². The van der Waals surface area contributed by atoms with Crippen LogP contribution in [-0.4, -0.2) is 17.0 Å². The molecule has 106 valence electrons. The molecule has 6 heteroatoms. The quantitative estimate of drug-likeness (QED) is 0.766. The Bertz CT molecular complexity index is 594. The zero-order valence-electron chi connectivity index (χ0n) is 11.5. The largest absolute Gasteiger partial charge is 0.373 e. The number of rotatable bonds is 4. The molecule has 0 aliphatic rings. The van der Waals surface area contributed by atoms with Crippen molar-refractivity contribution in [1.82, 2.24) is 9.97 Å². The van der Waals surface area contributed by atoms with Crippen LogP contribution in [-0.2, 0) is 0 Å². The van der Waals surface area contributed by atoms with Crippen LogP contribution in [0.25, 0.3) is 0 Å². The second-order valence-corrected chi connectivity index (χ2v) is 6.33. The summed E-state index contributed by atoms with van der Waals surface area (Å²) in [6.45, 7) is 4.15. The number of aromatic nitrogens is 2. The third-order valence-corrected chi connectivity index (χ3v) is 4.05. The lowest BCUT2D eigenvalue weighted by atomic mass is 10.2. The van der Waals surface area contributed by atoms with Crippen molar-refractivity contribution < 1.29 is 0 Å². The van der Waals surface area contributed by atoms with Crippen LogP contribution in [0.15, 0.2) is 33.2 Å². The van der Waals surface area contributed by atoms with Crippen molar-refractivity contribution >= 4 is 49.2 Å². The highest BCUT2D eigenvalue weighted by Gasteiger charge is 2.10. The maximum atomic E-state index is 4.55. The van der Waals surface area contributed by atoms with Gasteiger partial charge in [0.05, 0.1) is 5.69 Å². The summed E-state index contributed by atoms with van der Waals surface area (Å²) >= 11 is 7.07. The molecule has 1 aromatic heterocycles. The molecular formula is C14H16Br2N4. The monoisotopic (exact) mass is 398 g/mol. The Morgan fingerprint density at radius 3 is 2.20 bits per heavy atom. The Hall–Kier alpha value is -1.14. The fourth-order valence-corrected chi connectivity index (χ4v) is 2.86. The number of anilines is 3. The van der Waals surface area contributed by atoms with Gasteiger partial charge in [-0.25, -0.2) is 9.97 Å². The minimum absolute atomic E-state index is 0.270. The molecule has 2 N–H and O–H groups in total. The van der Waals surface area contributed by atoms with E-state index in [0.29, 0.717) is 0 Å². The van der Waals surface area contributed by atoms with E-state index < -0.39 is 0 Å². The molecule has 0 atom stereocenters. The van der Waals surface area contributed by atoms with Crippen LogP contribution in [0.1, 0.15) is 25.6 Å². The Labute approximate surface area is 135 Å². The molecular weight excluding hydrogens is 384 g/mol. The number of nitrogens with one attached hydrogen (secondary N) is 2. The van der Waals surface area contributed by atoms with Gasteiger partial charge in [-0.2, -0.15) is 0 Å². The fourth-order valence-electron chi connectivity index (χ4n) is 1.66. The van der Waals surface area contributed by atoms with E-state index >= 15 is 0 Å². The van der Waals surface area contributed by atoms with Gasteiger partial charge in [-0.05, 0) is 44.0 Å². The average molecular weight is 400 g/mol. The van der Waals surface area contributed by atoms with E-state index in [0.717, 1.165) is 32.1 Å². The van der Waals surface area contributed by atoms with Gasteiger partial charge in [0, 0.05) is 28.0 Å². The highest BCUT2D eigenvalue weighted by atomic mass is 79.9. The molecule has 1 heterocycles. The predicted octanol–water partition coefficient (Wildman–Crippen LogP) is 4.91. The molecule has 0 unspecified atom stereocenters. The summed E-state index contributed by atoms with van der Waals surface area (Å²) < 4.78 is 1.95. The third kappa shape index (κ3) is 3.49. The van der Waals surface area contributed by atoms with E-state index in [2.05, 4.69) is 66.3 Å². The molecule has 0 saturated carbocycles.